The molecule has 1 unspecified atom stereocenters. The van der Waals surface area contributed by atoms with Gasteiger partial charge in [0.25, 0.3) is 0 Å². The lowest BCUT2D eigenvalue weighted by molar-refractivity contribution is -0.130. The van der Waals surface area contributed by atoms with Gasteiger partial charge in [-0.3, -0.25) is 9.48 Å². The molecule has 0 aliphatic heterocycles. The van der Waals surface area contributed by atoms with Gasteiger partial charge in [-0.05, 0) is 23.8 Å². The quantitative estimate of drug-likeness (QED) is 0.821. The highest BCUT2D eigenvalue weighted by Gasteiger charge is 2.18. The number of hydrogen-bond donors (Lipinski definition) is 2. The summed E-state index contributed by atoms with van der Waals surface area (Å²) in [6, 6.07) is 5.22. The lowest BCUT2D eigenvalue weighted by atomic mass is 10.1. The molecule has 1 amide bonds. The van der Waals surface area contributed by atoms with Gasteiger partial charge in [-0.1, -0.05) is 6.07 Å². The molecule has 0 spiro atoms. The second kappa shape index (κ2) is 7.22. The average molecular weight is 335 g/mol. The summed E-state index contributed by atoms with van der Waals surface area (Å²) < 4.78 is 15.2. The number of aryl methyl sites for hydroxylation is 1. The molecule has 2 N–H and O–H groups in total. The van der Waals surface area contributed by atoms with Crippen LogP contribution >= 0.6 is 0 Å². The Morgan fingerprint density at radius 3 is 2.62 bits per heavy atom. The number of rotatable bonds is 6. The number of aromatic nitrogens is 2. The maximum atomic E-state index is 13.6. The molecule has 0 bridgehead atoms. The summed E-state index contributed by atoms with van der Waals surface area (Å²) in [4.78, 5) is 24.3. The minimum atomic E-state index is -1.36. The molecule has 1 aromatic carbocycles. The van der Waals surface area contributed by atoms with Gasteiger partial charge in [0.15, 0.2) is 0 Å². The summed E-state index contributed by atoms with van der Waals surface area (Å²) in [5.41, 5.74) is 0.502. The van der Waals surface area contributed by atoms with Crippen LogP contribution in [0, 0.1) is 5.82 Å². The molecule has 24 heavy (non-hydrogen) atoms. The first-order chi connectivity index (χ1) is 11.3. The number of carboxylic acids is 1. The van der Waals surface area contributed by atoms with E-state index in [4.69, 9.17) is 5.11 Å². The Labute approximate surface area is 137 Å². The zero-order chi connectivity index (χ0) is 17.9. The number of carbonyl (C=O) groups is 2. The normalized spacial score (nSPS) is 12.0. The van der Waals surface area contributed by atoms with Crippen LogP contribution in [0.15, 0.2) is 30.5 Å². The fourth-order valence-electron chi connectivity index (χ4n) is 2.32. The molecule has 1 atom stereocenters. The molecule has 128 valence electrons. The van der Waals surface area contributed by atoms with E-state index < -0.39 is 23.5 Å². The molecule has 8 heteroatoms. The third-order valence-electron chi connectivity index (χ3n) is 3.69. The van der Waals surface area contributed by atoms with Crippen LogP contribution in [-0.2, 0) is 18.3 Å². The van der Waals surface area contributed by atoms with Crippen molar-refractivity contribution in [3.8, 4) is 0 Å². The Hall–Kier alpha value is -2.74. The van der Waals surface area contributed by atoms with E-state index in [1.165, 1.54) is 22.7 Å². The third kappa shape index (κ3) is 3.96. The Morgan fingerprint density at radius 2 is 2.08 bits per heavy atom. The van der Waals surface area contributed by atoms with E-state index in [-0.39, 0.29) is 18.9 Å². The molecule has 0 aliphatic carbocycles. The number of amides is 1. The van der Waals surface area contributed by atoms with E-state index in [2.05, 4.69) is 5.10 Å². The molecule has 1 heterocycles. The number of benzene rings is 1. The predicted molar refractivity (Wildman–Crippen MR) is 82.9 cm³/mol. The minimum Gasteiger partial charge on any atom is -0.478 e. The van der Waals surface area contributed by atoms with Crippen LogP contribution in [0.3, 0.4) is 0 Å². The molecule has 0 saturated carbocycles. The molecular weight excluding hydrogens is 317 g/mol. The zero-order valence-corrected chi connectivity index (χ0v) is 13.3. The van der Waals surface area contributed by atoms with E-state index in [1.54, 1.807) is 19.3 Å². The van der Waals surface area contributed by atoms with Gasteiger partial charge in [0.2, 0.25) is 5.91 Å². The average Bonchev–Trinajstić information content (AvgIpc) is 2.93. The van der Waals surface area contributed by atoms with Gasteiger partial charge in [-0.15, -0.1) is 0 Å². The van der Waals surface area contributed by atoms with E-state index in [1.807, 2.05) is 0 Å². The monoisotopic (exact) mass is 335 g/mol. The zero-order valence-electron chi connectivity index (χ0n) is 13.3. The highest BCUT2D eigenvalue weighted by Crippen LogP contribution is 2.15. The van der Waals surface area contributed by atoms with E-state index in [0.29, 0.717) is 11.3 Å². The standard InChI is InChI=1S/C16H18FN3O4/c1-19(9-14(21)13-5-6-18-20(13)2)15(22)8-10-3-4-11(16(23)24)12(17)7-10/h3-7,14,21H,8-9H2,1-2H3,(H,23,24). The number of aliphatic hydroxyl groups excluding tert-OH is 1. The first-order valence-electron chi connectivity index (χ1n) is 7.21. The van der Waals surface area contributed by atoms with Crippen molar-refractivity contribution in [3.05, 3.63) is 53.1 Å². The third-order valence-corrected chi connectivity index (χ3v) is 3.69. The van der Waals surface area contributed by atoms with E-state index in [0.717, 1.165) is 12.1 Å². The number of nitrogens with zero attached hydrogens (tertiary/aromatic N) is 3. The van der Waals surface area contributed by atoms with Crippen LogP contribution in [0.2, 0.25) is 0 Å². The van der Waals surface area contributed by atoms with Crippen molar-refractivity contribution in [1.82, 2.24) is 14.7 Å². The van der Waals surface area contributed by atoms with Crippen LogP contribution in [0.5, 0.6) is 0 Å². The lowest BCUT2D eigenvalue weighted by Gasteiger charge is -2.21. The summed E-state index contributed by atoms with van der Waals surface area (Å²) in [6.45, 7) is 0.0635. The first kappa shape index (κ1) is 17.6. The topological polar surface area (TPSA) is 95.7 Å². The van der Waals surface area contributed by atoms with E-state index >= 15 is 0 Å². The maximum Gasteiger partial charge on any atom is 0.338 e. The molecule has 0 aliphatic rings. The number of carbonyl (C=O) groups excluding carboxylic acids is 1. The van der Waals surface area contributed by atoms with Crippen LogP contribution in [-0.4, -0.2) is 50.4 Å². The summed E-state index contributed by atoms with van der Waals surface area (Å²) in [5.74, 6) is -2.56. The molecule has 0 radical (unpaired) electrons. The molecule has 2 rings (SSSR count). The molecule has 0 fully saturated rings. The highest BCUT2D eigenvalue weighted by atomic mass is 19.1. The second-order valence-electron chi connectivity index (χ2n) is 5.47. The smallest absolute Gasteiger partial charge is 0.338 e. The molecule has 0 saturated heterocycles. The van der Waals surface area contributed by atoms with Crippen LogP contribution in [0.25, 0.3) is 0 Å². The van der Waals surface area contributed by atoms with Gasteiger partial charge in [0, 0.05) is 20.3 Å². The predicted octanol–water partition coefficient (Wildman–Crippen LogP) is 0.992. The lowest BCUT2D eigenvalue weighted by Crippen LogP contribution is -2.32. The number of halogens is 1. The molecule has 7 nitrogen and oxygen atoms in total. The Morgan fingerprint density at radius 1 is 1.38 bits per heavy atom. The van der Waals surface area contributed by atoms with Crippen LogP contribution < -0.4 is 0 Å². The molecular formula is C16H18FN3O4. The Balaban J connectivity index is 2.00. The number of likely N-dealkylation sites (N-methyl/N-ethyl adjacent to an activating group) is 1. The summed E-state index contributed by atoms with van der Waals surface area (Å²) in [7, 11) is 3.22. The summed E-state index contributed by atoms with van der Waals surface area (Å²) >= 11 is 0. The van der Waals surface area contributed by atoms with Crippen LogP contribution in [0.1, 0.15) is 27.7 Å². The minimum absolute atomic E-state index is 0.0635. The van der Waals surface area contributed by atoms with Crippen molar-refractivity contribution in [2.75, 3.05) is 13.6 Å². The first-order valence-corrected chi connectivity index (χ1v) is 7.21. The SMILES string of the molecule is CN(CC(O)c1ccnn1C)C(=O)Cc1ccc(C(=O)O)c(F)c1. The van der Waals surface area contributed by atoms with E-state index in [9.17, 15) is 19.1 Å². The van der Waals surface area contributed by atoms with Gasteiger partial charge in [-0.2, -0.15) is 5.10 Å². The number of hydrogen-bond acceptors (Lipinski definition) is 4. The van der Waals surface area contributed by atoms with Crippen molar-refractivity contribution in [3.63, 3.8) is 0 Å². The summed E-state index contributed by atoms with van der Waals surface area (Å²) in [5, 5.41) is 22.9. The number of carboxylic acid groups (broad SMARTS) is 1. The van der Waals surface area contributed by atoms with Gasteiger partial charge in [0.1, 0.15) is 11.9 Å². The van der Waals surface area contributed by atoms with Crippen molar-refractivity contribution >= 4 is 11.9 Å². The largest absolute Gasteiger partial charge is 0.478 e. The van der Waals surface area contributed by atoms with Crippen molar-refractivity contribution < 1.29 is 24.2 Å². The fourth-order valence-corrected chi connectivity index (χ4v) is 2.32. The fraction of sp³-hybridized carbons (Fsp3) is 0.312. The van der Waals surface area contributed by atoms with Gasteiger partial charge in [0.05, 0.1) is 24.2 Å². The van der Waals surface area contributed by atoms with Gasteiger partial charge >= 0.3 is 5.97 Å². The Kier molecular flexibility index (Phi) is 5.30. The maximum absolute atomic E-state index is 13.6. The number of aliphatic hydroxyl groups is 1. The van der Waals surface area contributed by atoms with Gasteiger partial charge in [-0.25, -0.2) is 9.18 Å². The Bertz CT molecular complexity index is 760. The van der Waals surface area contributed by atoms with Crippen molar-refractivity contribution in [2.45, 2.75) is 12.5 Å². The van der Waals surface area contributed by atoms with Crippen molar-refractivity contribution in [2.24, 2.45) is 7.05 Å². The molecule has 2 aromatic rings. The van der Waals surface area contributed by atoms with Gasteiger partial charge < -0.3 is 15.1 Å². The molecule has 1 aromatic heterocycles. The second-order valence-corrected chi connectivity index (χ2v) is 5.47. The van der Waals surface area contributed by atoms with Crippen molar-refractivity contribution in [1.29, 1.82) is 0 Å². The number of aromatic carboxylic acids is 1. The highest BCUT2D eigenvalue weighted by molar-refractivity contribution is 5.88. The van der Waals surface area contributed by atoms with Crippen LogP contribution in [0.4, 0.5) is 4.39 Å². The summed E-state index contributed by atoms with van der Waals surface area (Å²) in [6.07, 6.45) is 0.566.